The SMILES string of the molecule is CCNC(=O)c1ccc(CNC(=NCc2ccc3c(c2)OCO3)NCC)cc1.I. The Balaban J connectivity index is 0.00000300. The number of nitrogens with one attached hydrogen (secondary N) is 3. The topological polar surface area (TPSA) is 84.0 Å². The van der Waals surface area contributed by atoms with Crippen molar-refractivity contribution in [1.82, 2.24) is 16.0 Å². The first-order valence-electron chi connectivity index (χ1n) is 9.47. The maximum Gasteiger partial charge on any atom is 0.251 e. The average Bonchev–Trinajstić information content (AvgIpc) is 3.18. The molecule has 1 heterocycles. The fraction of sp³-hybridized carbons (Fsp3) is 0.333. The summed E-state index contributed by atoms with van der Waals surface area (Å²) in [7, 11) is 0. The number of aliphatic imine (C=N–C) groups is 1. The summed E-state index contributed by atoms with van der Waals surface area (Å²) in [5, 5.41) is 9.35. The van der Waals surface area contributed by atoms with Gasteiger partial charge in [0.1, 0.15) is 0 Å². The van der Waals surface area contributed by atoms with Gasteiger partial charge in [-0.1, -0.05) is 18.2 Å². The van der Waals surface area contributed by atoms with Crippen LogP contribution in [-0.2, 0) is 13.1 Å². The zero-order valence-electron chi connectivity index (χ0n) is 16.7. The molecular formula is C21H27IN4O3. The Morgan fingerprint density at radius 2 is 1.62 bits per heavy atom. The maximum atomic E-state index is 11.8. The second-order valence-corrected chi connectivity index (χ2v) is 6.29. The Kier molecular flexibility index (Phi) is 9.04. The number of carbonyl (C=O) groups excluding carboxylic acids is 1. The third kappa shape index (κ3) is 6.52. The summed E-state index contributed by atoms with van der Waals surface area (Å²) >= 11 is 0. The van der Waals surface area contributed by atoms with E-state index < -0.39 is 0 Å². The van der Waals surface area contributed by atoms with E-state index in [9.17, 15) is 4.79 Å². The largest absolute Gasteiger partial charge is 0.454 e. The number of halogens is 1. The van der Waals surface area contributed by atoms with Crippen LogP contribution in [0.1, 0.15) is 35.3 Å². The molecule has 0 aliphatic carbocycles. The molecule has 3 rings (SSSR count). The molecule has 1 amide bonds. The normalized spacial score (nSPS) is 12.1. The van der Waals surface area contributed by atoms with Crippen molar-refractivity contribution in [2.24, 2.45) is 4.99 Å². The van der Waals surface area contributed by atoms with Crippen LogP contribution in [-0.4, -0.2) is 31.7 Å². The molecule has 3 N–H and O–H groups in total. The van der Waals surface area contributed by atoms with Crippen molar-refractivity contribution >= 4 is 35.8 Å². The van der Waals surface area contributed by atoms with Gasteiger partial charge in [0.15, 0.2) is 17.5 Å². The number of fused-ring (bicyclic) bond motifs is 1. The predicted molar refractivity (Wildman–Crippen MR) is 124 cm³/mol. The lowest BCUT2D eigenvalue weighted by Gasteiger charge is -2.12. The van der Waals surface area contributed by atoms with Gasteiger partial charge in [-0.15, -0.1) is 24.0 Å². The van der Waals surface area contributed by atoms with Crippen LogP contribution in [0.4, 0.5) is 0 Å². The van der Waals surface area contributed by atoms with Crippen LogP contribution in [0, 0.1) is 0 Å². The molecule has 1 aliphatic rings. The van der Waals surface area contributed by atoms with Crippen LogP contribution in [0.2, 0.25) is 0 Å². The lowest BCUT2D eigenvalue weighted by molar-refractivity contribution is 0.0956. The highest BCUT2D eigenvalue weighted by Crippen LogP contribution is 2.32. The molecule has 0 radical (unpaired) electrons. The molecule has 156 valence electrons. The summed E-state index contributed by atoms with van der Waals surface area (Å²) < 4.78 is 10.7. The zero-order chi connectivity index (χ0) is 19.8. The van der Waals surface area contributed by atoms with Crippen LogP contribution >= 0.6 is 24.0 Å². The number of nitrogens with zero attached hydrogens (tertiary/aromatic N) is 1. The molecule has 0 bridgehead atoms. The molecule has 0 saturated carbocycles. The molecule has 0 fully saturated rings. The lowest BCUT2D eigenvalue weighted by Crippen LogP contribution is -2.36. The summed E-state index contributed by atoms with van der Waals surface area (Å²) in [4.78, 5) is 16.5. The zero-order valence-corrected chi connectivity index (χ0v) is 19.0. The second-order valence-electron chi connectivity index (χ2n) is 6.29. The van der Waals surface area contributed by atoms with Gasteiger partial charge in [-0.3, -0.25) is 4.79 Å². The Hall–Kier alpha value is -2.49. The lowest BCUT2D eigenvalue weighted by atomic mass is 10.1. The fourth-order valence-corrected chi connectivity index (χ4v) is 2.77. The summed E-state index contributed by atoms with van der Waals surface area (Å²) in [6.07, 6.45) is 0. The number of carbonyl (C=O) groups is 1. The highest BCUT2D eigenvalue weighted by Gasteiger charge is 2.13. The van der Waals surface area contributed by atoms with Crippen LogP contribution in [0.25, 0.3) is 0 Å². The number of benzene rings is 2. The molecule has 2 aromatic carbocycles. The minimum Gasteiger partial charge on any atom is -0.454 e. The third-order valence-corrected chi connectivity index (χ3v) is 4.21. The van der Waals surface area contributed by atoms with Crippen LogP contribution < -0.4 is 25.4 Å². The molecule has 0 aromatic heterocycles. The first kappa shape index (κ1) is 22.8. The van der Waals surface area contributed by atoms with Gasteiger partial charge in [0, 0.05) is 25.2 Å². The summed E-state index contributed by atoms with van der Waals surface area (Å²) in [5.41, 5.74) is 2.78. The van der Waals surface area contributed by atoms with Crippen molar-refractivity contribution in [2.45, 2.75) is 26.9 Å². The van der Waals surface area contributed by atoms with Gasteiger partial charge in [-0.2, -0.15) is 0 Å². The van der Waals surface area contributed by atoms with Crippen LogP contribution in [0.3, 0.4) is 0 Å². The molecule has 2 aromatic rings. The Labute approximate surface area is 188 Å². The smallest absolute Gasteiger partial charge is 0.251 e. The van der Waals surface area contributed by atoms with Gasteiger partial charge in [0.2, 0.25) is 6.79 Å². The van der Waals surface area contributed by atoms with E-state index in [4.69, 9.17) is 9.47 Å². The van der Waals surface area contributed by atoms with E-state index in [1.165, 1.54) is 0 Å². The Morgan fingerprint density at radius 3 is 2.34 bits per heavy atom. The highest BCUT2D eigenvalue weighted by atomic mass is 127. The van der Waals surface area contributed by atoms with Crippen LogP contribution in [0.5, 0.6) is 11.5 Å². The molecule has 0 unspecified atom stereocenters. The summed E-state index contributed by atoms with van der Waals surface area (Å²) in [5.74, 6) is 2.21. The van der Waals surface area contributed by atoms with Gasteiger partial charge < -0.3 is 25.4 Å². The fourth-order valence-electron chi connectivity index (χ4n) is 2.77. The second kappa shape index (κ2) is 11.5. The van der Waals surface area contributed by atoms with Gasteiger partial charge in [-0.25, -0.2) is 4.99 Å². The maximum absolute atomic E-state index is 11.8. The first-order valence-corrected chi connectivity index (χ1v) is 9.47. The minimum atomic E-state index is -0.0550. The molecular weight excluding hydrogens is 483 g/mol. The molecule has 1 aliphatic heterocycles. The Morgan fingerprint density at radius 1 is 0.931 bits per heavy atom. The molecule has 0 saturated heterocycles. The van der Waals surface area contributed by atoms with Crippen LogP contribution in [0.15, 0.2) is 47.5 Å². The van der Waals surface area contributed by atoms with Gasteiger partial charge in [0.25, 0.3) is 5.91 Å². The molecule has 0 spiro atoms. The number of amides is 1. The minimum absolute atomic E-state index is 0. The predicted octanol–water partition coefficient (Wildman–Crippen LogP) is 3.04. The first-order chi connectivity index (χ1) is 13.7. The van der Waals surface area contributed by atoms with E-state index in [1.54, 1.807) is 0 Å². The average molecular weight is 510 g/mol. The van der Waals surface area contributed by atoms with Gasteiger partial charge >= 0.3 is 0 Å². The van der Waals surface area contributed by atoms with Crippen molar-refractivity contribution in [1.29, 1.82) is 0 Å². The monoisotopic (exact) mass is 510 g/mol. The summed E-state index contributed by atoms with van der Waals surface area (Å²) in [6.45, 7) is 6.73. The highest BCUT2D eigenvalue weighted by molar-refractivity contribution is 14.0. The molecule has 8 heteroatoms. The van der Waals surface area contributed by atoms with E-state index in [1.807, 2.05) is 56.3 Å². The number of ether oxygens (including phenoxy) is 2. The van der Waals surface area contributed by atoms with E-state index in [2.05, 4.69) is 20.9 Å². The van der Waals surface area contributed by atoms with Crippen molar-refractivity contribution in [3.05, 3.63) is 59.2 Å². The van der Waals surface area contributed by atoms with Gasteiger partial charge in [-0.05, 0) is 49.2 Å². The van der Waals surface area contributed by atoms with Gasteiger partial charge in [0.05, 0.1) is 6.54 Å². The van der Waals surface area contributed by atoms with Crippen molar-refractivity contribution < 1.29 is 14.3 Å². The number of guanidine groups is 1. The van der Waals surface area contributed by atoms with E-state index >= 15 is 0 Å². The van der Waals surface area contributed by atoms with E-state index in [0.717, 1.165) is 35.1 Å². The van der Waals surface area contributed by atoms with Crippen molar-refractivity contribution in [3.8, 4) is 11.5 Å². The number of hydrogen-bond donors (Lipinski definition) is 3. The molecule has 0 atom stereocenters. The summed E-state index contributed by atoms with van der Waals surface area (Å²) in [6, 6.07) is 13.4. The quantitative estimate of drug-likeness (QED) is 0.303. The molecule has 29 heavy (non-hydrogen) atoms. The van der Waals surface area contributed by atoms with E-state index in [0.29, 0.717) is 25.2 Å². The Bertz CT molecular complexity index is 840. The molecule has 7 nitrogen and oxygen atoms in total. The number of hydrogen-bond acceptors (Lipinski definition) is 4. The third-order valence-electron chi connectivity index (χ3n) is 4.21. The van der Waals surface area contributed by atoms with Crippen molar-refractivity contribution in [2.75, 3.05) is 19.9 Å². The van der Waals surface area contributed by atoms with E-state index in [-0.39, 0.29) is 36.7 Å². The standard InChI is InChI=1S/C21H26N4O3.HI/c1-3-22-20(26)17-8-5-15(6-9-17)12-24-21(23-4-2)25-13-16-7-10-18-19(11-16)28-14-27-18;/h5-11H,3-4,12-14H2,1-2H3,(H,22,26)(H2,23,24,25);1H. The van der Waals surface area contributed by atoms with Crippen molar-refractivity contribution in [3.63, 3.8) is 0 Å². The number of rotatable bonds is 7.